The van der Waals surface area contributed by atoms with Gasteiger partial charge in [0.15, 0.2) is 0 Å². The van der Waals surface area contributed by atoms with Gasteiger partial charge in [0, 0.05) is 6.20 Å². The van der Waals surface area contributed by atoms with E-state index < -0.39 is 14.0 Å². The van der Waals surface area contributed by atoms with Crippen molar-refractivity contribution in [2.45, 2.75) is 19.6 Å². The third kappa shape index (κ3) is 2.56. The van der Waals surface area contributed by atoms with Crippen LogP contribution in [0.5, 0.6) is 0 Å². The maximum atomic E-state index is 11.6. The number of fused-ring (bicyclic) bond motifs is 1. The number of pyridine rings is 1. The molecule has 0 saturated carbocycles. The number of primary amides is 1. The third-order valence-electron chi connectivity index (χ3n) is 2.63. The molecule has 0 radical (unpaired) electrons. The minimum atomic E-state index is -1.62. The molecular formula is C14H14N4OSi. The van der Waals surface area contributed by atoms with E-state index in [0.717, 1.165) is 0 Å². The highest BCUT2D eigenvalue weighted by Gasteiger charge is 2.16. The van der Waals surface area contributed by atoms with E-state index in [1.807, 2.05) is 0 Å². The number of amides is 1. The zero-order chi connectivity index (χ0) is 14.9. The zero-order valence-corrected chi connectivity index (χ0v) is 12.6. The molecule has 0 atom stereocenters. The van der Waals surface area contributed by atoms with Crippen LogP contribution in [-0.4, -0.2) is 23.6 Å². The lowest BCUT2D eigenvalue weighted by atomic mass is 10.1. The van der Waals surface area contributed by atoms with Gasteiger partial charge in [0.05, 0.1) is 22.9 Å². The SMILES string of the molecule is C[Si](C)(C)C#Cc1c(C(N)=O)ccn2ncc(C#N)c12. The Morgan fingerprint density at radius 2 is 2.15 bits per heavy atom. The van der Waals surface area contributed by atoms with Gasteiger partial charge in [-0.15, -0.1) is 5.54 Å². The lowest BCUT2D eigenvalue weighted by Crippen LogP contribution is -2.17. The first-order valence-corrected chi connectivity index (χ1v) is 9.57. The fourth-order valence-electron chi connectivity index (χ4n) is 1.74. The Morgan fingerprint density at radius 3 is 2.70 bits per heavy atom. The van der Waals surface area contributed by atoms with Gasteiger partial charge in [-0.1, -0.05) is 25.6 Å². The van der Waals surface area contributed by atoms with Gasteiger partial charge in [-0.2, -0.15) is 10.4 Å². The second-order valence-corrected chi connectivity index (χ2v) is 10.2. The molecule has 0 aliphatic carbocycles. The summed E-state index contributed by atoms with van der Waals surface area (Å²) in [6.45, 7) is 6.31. The minimum absolute atomic E-state index is 0.320. The number of nitrogens with zero attached hydrogens (tertiary/aromatic N) is 3. The van der Waals surface area contributed by atoms with Crippen molar-refractivity contribution < 1.29 is 4.79 Å². The summed E-state index contributed by atoms with van der Waals surface area (Å²) in [7, 11) is -1.62. The van der Waals surface area contributed by atoms with E-state index in [0.29, 0.717) is 22.2 Å². The molecule has 0 spiro atoms. The van der Waals surface area contributed by atoms with Crippen molar-refractivity contribution in [2.75, 3.05) is 0 Å². The topological polar surface area (TPSA) is 84.2 Å². The van der Waals surface area contributed by atoms with Gasteiger partial charge in [-0.05, 0) is 6.07 Å². The molecule has 2 heterocycles. The molecular weight excluding hydrogens is 268 g/mol. The van der Waals surface area contributed by atoms with Crippen LogP contribution in [0, 0.1) is 22.8 Å². The summed E-state index contributed by atoms with van der Waals surface area (Å²) in [6, 6.07) is 3.64. The predicted octanol–water partition coefficient (Wildman–Crippen LogP) is 1.53. The summed E-state index contributed by atoms with van der Waals surface area (Å²) in [4.78, 5) is 11.6. The van der Waals surface area contributed by atoms with E-state index in [1.54, 1.807) is 16.8 Å². The molecule has 1 amide bonds. The molecule has 0 aliphatic rings. The van der Waals surface area contributed by atoms with E-state index in [1.165, 1.54) is 6.20 Å². The first-order valence-electron chi connectivity index (χ1n) is 6.07. The molecule has 20 heavy (non-hydrogen) atoms. The normalized spacial score (nSPS) is 10.7. The first kappa shape index (κ1) is 13.8. The molecule has 6 heteroatoms. The van der Waals surface area contributed by atoms with E-state index in [2.05, 4.69) is 42.3 Å². The van der Waals surface area contributed by atoms with Crippen molar-refractivity contribution in [3.05, 3.63) is 35.2 Å². The summed E-state index contributed by atoms with van der Waals surface area (Å²) in [6.07, 6.45) is 3.07. The molecule has 2 aromatic rings. The molecule has 0 saturated heterocycles. The average molecular weight is 282 g/mol. The molecule has 100 valence electrons. The summed E-state index contributed by atoms with van der Waals surface area (Å²) in [5.41, 5.74) is 10.3. The number of hydrogen-bond donors (Lipinski definition) is 1. The number of nitrogens with two attached hydrogens (primary N) is 1. The smallest absolute Gasteiger partial charge is 0.250 e. The summed E-state index contributed by atoms with van der Waals surface area (Å²) < 4.78 is 1.54. The van der Waals surface area contributed by atoms with Crippen LogP contribution in [0.15, 0.2) is 18.5 Å². The van der Waals surface area contributed by atoms with E-state index >= 15 is 0 Å². The molecule has 0 aliphatic heterocycles. The van der Waals surface area contributed by atoms with Crippen molar-refractivity contribution in [1.29, 1.82) is 5.26 Å². The Morgan fingerprint density at radius 1 is 1.45 bits per heavy atom. The molecule has 0 bridgehead atoms. The highest BCUT2D eigenvalue weighted by molar-refractivity contribution is 6.83. The highest BCUT2D eigenvalue weighted by Crippen LogP contribution is 2.19. The monoisotopic (exact) mass is 282 g/mol. The highest BCUT2D eigenvalue weighted by atomic mass is 28.3. The Hall–Kier alpha value is -2.57. The van der Waals surface area contributed by atoms with Crippen molar-refractivity contribution in [3.8, 4) is 17.5 Å². The largest absolute Gasteiger partial charge is 0.366 e. The summed E-state index contributed by atoms with van der Waals surface area (Å²) in [5.74, 6) is 2.48. The van der Waals surface area contributed by atoms with Gasteiger partial charge < -0.3 is 5.73 Å². The molecule has 0 aromatic carbocycles. The van der Waals surface area contributed by atoms with Crippen LogP contribution in [0.1, 0.15) is 21.5 Å². The number of nitriles is 1. The van der Waals surface area contributed by atoms with Crippen LogP contribution >= 0.6 is 0 Å². The van der Waals surface area contributed by atoms with Crippen molar-refractivity contribution in [2.24, 2.45) is 5.73 Å². The van der Waals surface area contributed by atoms with Gasteiger partial charge in [0.2, 0.25) is 5.91 Å². The maximum Gasteiger partial charge on any atom is 0.250 e. The van der Waals surface area contributed by atoms with Crippen molar-refractivity contribution >= 4 is 19.5 Å². The Balaban J connectivity index is 2.84. The lowest BCUT2D eigenvalue weighted by molar-refractivity contribution is 0.1000. The Bertz CT molecular complexity index is 797. The molecule has 2 N–H and O–H groups in total. The van der Waals surface area contributed by atoms with E-state index in [9.17, 15) is 4.79 Å². The van der Waals surface area contributed by atoms with Crippen LogP contribution < -0.4 is 5.73 Å². The fourth-order valence-corrected chi connectivity index (χ4v) is 2.24. The number of rotatable bonds is 1. The van der Waals surface area contributed by atoms with E-state index in [-0.39, 0.29) is 0 Å². The van der Waals surface area contributed by atoms with Crippen LogP contribution in [-0.2, 0) is 0 Å². The second-order valence-electron chi connectivity index (χ2n) is 5.43. The molecule has 2 rings (SSSR count). The van der Waals surface area contributed by atoms with Crippen LogP contribution in [0.3, 0.4) is 0 Å². The standard InChI is InChI=1S/C14H14N4OSi/c1-20(2,3)7-5-11-12(14(16)19)4-6-18-13(11)10(8-15)9-17-18/h4,6,9H,1-3H3,(H2,16,19). The summed E-state index contributed by atoms with van der Waals surface area (Å²) in [5, 5.41) is 13.2. The van der Waals surface area contributed by atoms with Gasteiger partial charge in [-0.3, -0.25) is 4.79 Å². The molecule has 2 aromatic heterocycles. The molecule has 0 fully saturated rings. The van der Waals surface area contributed by atoms with Gasteiger partial charge in [-0.25, -0.2) is 4.52 Å². The van der Waals surface area contributed by atoms with Crippen LogP contribution in [0.2, 0.25) is 19.6 Å². The van der Waals surface area contributed by atoms with Crippen LogP contribution in [0.4, 0.5) is 0 Å². The number of carbonyl (C=O) groups is 1. The van der Waals surface area contributed by atoms with Gasteiger partial charge in [0.25, 0.3) is 0 Å². The lowest BCUT2D eigenvalue weighted by Gasteiger charge is -2.06. The van der Waals surface area contributed by atoms with Gasteiger partial charge in [0.1, 0.15) is 19.7 Å². The van der Waals surface area contributed by atoms with Crippen molar-refractivity contribution in [1.82, 2.24) is 9.61 Å². The first-order chi connectivity index (χ1) is 9.33. The zero-order valence-electron chi connectivity index (χ0n) is 11.6. The Kier molecular flexibility index (Phi) is 3.35. The Labute approximate surface area is 118 Å². The summed E-state index contributed by atoms with van der Waals surface area (Å²) >= 11 is 0. The number of aromatic nitrogens is 2. The van der Waals surface area contributed by atoms with Crippen molar-refractivity contribution in [3.63, 3.8) is 0 Å². The molecule has 0 unspecified atom stereocenters. The predicted molar refractivity (Wildman–Crippen MR) is 78.6 cm³/mol. The fraction of sp³-hybridized carbons (Fsp3) is 0.214. The average Bonchev–Trinajstić information content (AvgIpc) is 2.77. The third-order valence-corrected chi connectivity index (χ3v) is 3.51. The van der Waals surface area contributed by atoms with Crippen LogP contribution in [0.25, 0.3) is 5.52 Å². The van der Waals surface area contributed by atoms with Gasteiger partial charge >= 0.3 is 0 Å². The number of carbonyl (C=O) groups excluding carboxylic acids is 1. The van der Waals surface area contributed by atoms with E-state index in [4.69, 9.17) is 11.0 Å². The molecule has 5 nitrogen and oxygen atoms in total. The number of hydrogen-bond acceptors (Lipinski definition) is 3. The second kappa shape index (κ2) is 4.84. The quantitative estimate of drug-likeness (QED) is 0.636. The maximum absolute atomic E-state index is 11.6. The minimum Gasteiger partial charge on any atom is -0.366 e.